The molecular formula is C17H32N2O3. The fraction of sp³-hybridized carbons (Fsp3) is 0.882. The molecule has 1 fully saturated rings. The third-order valence-corrected chi connectivity index (χ3v) is 4.04. The topological polar surface area (TPSA) is 60.9 Å². The molecule has 5 nitrogen and oxygen atoms in total. The number of piperidine rings is 1. The van der Waals surface area contributed by atoms with E-state index in [1.54, 1.807) is 18.7 Å². The molecule has 0 saturated carbocycles. The van der Waals surface area contributed by atoms with Gasteiger partial charge in [-0.2, -0.15) is 0 Å². The monoisotopic (exact) mass is 312 g/mol. The molecule has 1 aliphatic heterocycles. The highest BCUT2D eigenvalue weighted by molar-refractivity contribution is 5.82. The Morgan fingerprint density at radius 1 is 1.14 bits per heavy atom. The minimum atomic E-state index is -0.880. The fourth-order valence-electron chi connectivity index (χ4n) is 2.87. The molecule has 22 heavy (non-hydrogen) atoms. The molecule has 1 saturated heterocycles. The lowest BCUT2D eigenvalue weighted by Gasteiger charge is -2.37. The van der Waals surface area contributed by atoms with Crippen molar-refractivity contribution in [1.29, 1.82) is 0 Å². The third-order valence-electron chi connectivity index (χ3n) is 4.04. The van der Waals surface area contributed by atoms with Crippen molar-refractivity contribution < 1.29 is 14.7 Å². The molecular weight excluding hydrogens is 280 g/mol. The van der Waals surface area contributed by atoms with Gasteiger partial charge in [0.25, 0.3) is 0 Å². The minimum absolute atomic E-state index is 0.0358. The van der Waals surface area contributed by atoms with E-state index in [0.29, 0.717) is 39.0 Å². The summed E-state index contributed by atoms with van der Waals surface area (Å²) in [5.74, 6) is 0.223. The van der Waals surface area contributed by atoms with Crippen LogP contribution in [-0.2, 0) is 9.59 Å². The predicted octanol–water partition coefficient (Wildman–Crippen LogP) is 1.89. The average Bonchev–Trinajstić information content (AvgIpc) is 2.41. The Kier molecular flexibility index (Phi) is 6.02. The summed E-state index contributed by atoms with van der Waals surface area (Å²) in [6.45, 7) is 13.4. The van der Waals surface area contributed by atoms with Crippen molar-refractivity contribution >= 4 is 11.8 Å². The largest absolute Gasteiger partial charge is 0.389 e. The number of rotatable bonds is 4. The van der Waals surface area contributed by atoms with Gasteiger partial charge >= 0.3 is 0 Å². The van der Waals surface area contributed by atoms with Crippen LogP contribution in [0.4, 0.5) is 0 Å². The van der Waals surface area contributed by atoms with Crippen molar-refractivity contribution in [3.63, 3.8) is 0 Å². The molecule has 0 aromatic heterocycles. The molecule has 1 N–H and O–H groups in total. The van der Waals surface area contributed by atoms with Gasteiger partial charge in [-0.05, 0) is 33.6 Å². The summed E-state index contributed by atoms with van der Waals surface area (Å²) in [5, 5.41) is 9.92. The number of carbonyl (C=O) groups is 2. The zero-order valence-corrected chi connectivity index (χ0v) is 15.0. The highest BCUT2D eigenvalue weighted by atomic mass is 16.3. The number of amides is 2. The van der Waals surface area contributed by atoms with Crippen LogP contribution in [0.15, 0.2) is 0 Å². The molecule has 1 heterocycles. The van der Waals surface area contributed by atoms with Gasteiger partial charge in [-0.25, -0.2) is 0 Å². The van der Waals surface area contributed by atoms with Crippen LogP contribution in [0.1, 0.15) is 54.4 Å². The van der Waals surface area contributed by atoms with Crippen molar-refractivity contribution in [3.05, 3.63) is 0 Å². The van der Waals surface area contributed by atoms with Crippen LogP contribution < -0.4 is 0 Å². The van der Waals surface area contributed by atoms with Crippen LogP contribution >= 0.6 is 0 Å². The maximum atomic E-state index is 12.6. The summed E-state index contributed by atoms with van der Waals surface area (Å²) >= 11 is 0. The molecule has 0 spiro atoms. The SMILES string of the molecule is CCN(CC(C)(C)O)C(=O)C1CCN(C(=O)C(C)(C)C)CC1. The van der Waals surface area contributed by atoms with Crippen LogP contribution in [0.3, 0.4) is 0 Å². The molecule has 0 radical (unpaired) electrons. The highest BCUT2D eigenvalue weighted by Gasteiger charge is 2.34. The number of aliphatic hydroxyl groups is 1. The molecule has 0 unspecified atom stereocenters. The highest BCUT2D eigenvalue weighted by Crippen LogP contribution is 2.25. The van der Waals surface area contributed by atoms with E-state index in [4.69, 9.17) is 0 Å². The summed E-state index contributed by atoms with van der Waals surface area (Å²) in [5.41, 5.74) is -1.25. The summed E-state index contributed by atoms with van der Waals surface area (Å²) in [6, 6.07) is 0. The van der Waals surface area contributed by atoms with E-state index in [0.717, 1.165) is 0 Å². The Bertz CT molecular complexity index is 399. The molecule has 0 aliphatic carbocycles. The molecule has 5 heteroatoms. The van der Waals surface area contributed by atoms with Gasteiger partial charge in [-0.3, -0.25) is 9.59 Å². The number of hydrogen-bond donors (Lipinski definition) is 1. The molecule has 1 rings (SSSR count). The predicted molar refractivity (Wildman–Crippen MR) is 87.3 cm³/mol. The Hall–Kier alpha value is -1.10. The number of likely N-dealkylation sites (N-methyl/N-ethyl adjacent to an activating group) is 1. The van der Waals surface area contributed by atoms with Gasteiger partial charge in [0.1, 0.15) is 0 Å². The van der Waals surface area contributed by atoms with Gasteiger partial charge in [-0.15, -0.1) is 0 Å². The van der Waals surface area contributed by atoms with E-state index in [9.17, 15) is 14.7 Å². The first-order chi connectivity index (χ1) is 9.95. The Labute approximate surface area is 134 Å². The van der Waals surface area contributed by atoms with Crippen molar-refractivity contribution in [2.24, 2.45) is 11.3 Å². The molecule has 0 aromatic carbocycles. The second-order valence-electron chi connectivity index (χ2n) is 7.98. The molecule has 0 atom stereocenters. The molecule has 1 aliphatic rings. The second-order valence-corrected chi connectivity index (χ2v) is 7.98. The minimum Gasteiger partial charge on any atom is -0.389 e. The maximum Gasteiger partial charge on any atom is 0.227 e. The van der Waals surface area contributed by atoms with Crippen LogP contribution in [0.5, 0.6) is 0 Å². The van der Waals surface area contributed by atoms with Gasteiger partial charge in [0.05, 0.1) is 5.60 Å². The summed E-state index contributed by atoms with van der Waals surface area (Å²) in [7, 11) is 0. The lowest BCUT2D eigenvalue weighted by atomic mass is 9.90. The van der Waals surface area contributed by atoms with E-state index >= 15 is 0 Å². The van der Waals surface area contributed by atoms with Gasteiger partial charge in [0, 0.05) is 37.5 Å². The van der Waals surface area contributed by atoms with Crippen LogP contribution in [0.2, 0.25) is 0 Å². The number of nitrogens with zero attached hydrogens (tertiary/aromatic N) is 2. The summed E-state index contributed by atoms with van der Waals surface area (Å²) < 4.78 is 0. The smallest absolute Gasteiger partial charge is 0.227 e. The second kappa shape index (κ2) is 6.99. The first kappa shape index (κ1) is 18.9. The molecule has 0 aromatic rings. The lowest BCUT2D eigenvalue weighted by molar-refractivity contribution is -0.146. The van der Waals surface area contributed by atoms with Crippen LogP contribution in [0, 0.1) is 11.3 Å². The van der Waals surface area contributed by atoms with Gasteiger partial charge in [0.2, 0.25) is 11.8 Å². The van der Waals surface area contributed by atoms with E-state index in [1.807, 2.05) is 32.6 Å². The molecule has 128 valence electrons. The zero-order chi connectivity index (χ0) is 17.1. The van der Waals surface area contributed by atoms with Crippen molar-refractivity contribution in [2.45, 2.75) is 60.0 Å². The summed E-state index contributed by atoms with van der Waals surface area (Å²) in [4.78, 5) is 28.5. The van der Waals surface area contributed by atoms with Gasteiger partial charge in [-0.1, -0.05) is 20.8 Å². The Morgan fingerprint density at radius 2 is 1.64 bits per heavy atom. The number of likely N-dealkylation sites (tertiary alicyclic amines) is 1. The van der Waals surface area contributed by atoms with E-state index in [2.05, 4.69) is 0 Å². The van der Waals surface area contributed by atoms with E-state index in [1.165, 1.54) is 0 Å². The van der Waals surface area contributed by atoms with Crippen LogP contribution in [0.25, 0.3) is 0 Å². The van der Waals surface area contributed by atoms with Crippen LogP contribution in [-0.4, -0.2) is 58.5 Å². The fourth-order valence-corrected chi connectivity index (χ4v) is 2.87. The third kappa shape index (κ3) is 5.27. The zero-order valence-electron chi connectivity index (χ0n) is 15.0. The molecule has 2 amide bonds. The standard InChI is InChI=1S/C17H32N2O3/c1-7-18(12-17(5,6)22)14(20)13-8-10-19(11-9-13)15(21)16(2,3)4/h13,22H,7-12H2,1-6H3. The van der Waals surface area contributed by atoms with E-state index < -0.39 is 5.60 Å². The number of carbonyl (C=O) groups excluding carboxylic acids is 2. The molecule has 0 bridgehead atoms. The van der Waals surface area contributed by atoms with Crippen molar-refractivity contribution in [3.8, 4) is 0 Å². The quantitative estimate of drug-likeness (QED) is 0.862. The van der Waals surface area contributed by atoms with E-state index in [-0.39, 0.29) is 23.1 Å². The normalized spacial score (nSPS) is 17.5. The Balaban J connectivity index is 2.60. The Morgan fingerprint density at radius 3 is 2.00 bits per heavy atom. The van der Waals surface area contributed by atoms with Crippen molar-refractivity contribution in [2.75, 3.05) is 26.2 Å². The first-order valence-corrected chi connectivity index (χ1v) is 8.26. The van der Waals surface area contributed by atoms with Gasteiger partial charge in [0.15, 0.2) is 0 Å². The van der Waals surface area contributed by atoms with Crippen molar-refractivity contribution in [1.82, 2.24) is 9.80 Å². The van der Waals surface area contributed by atoms with Gasteiger partial charge < -0.3 is 14.9 Å². The average molecular weight is 312 g/mol. The summed E-state index contributed by atoms with van der Waals surface area (Å²) in [6.07, 6.45) is 1.42. The first-order valence-electron chi connectivity index (χ1n) is 8.26. The lowest BCUT2D eigenvalue weighted by Crippen LogP contribution is -2.49. The number of hydrogen-bond acceptors (Lipinski definition) is 3. The maximum absolute atomic E-state index is 12.6.